The zero-order chi connectivity index (χ0) is 70.1. The number of hydrogen-bond donors (Lipinski definition) is 7. The number of aliphatic hydroxyl groups excluding tert-OH is 1. The number of carbonyl (C=O) groups is 4. The lowest BCUT2D eigenvalue weighted by Gasteiger charge is -2.28. The molecule has 7 N–H and O–H groups in total. The van der Waals surface area contributed by atoms with E-state index in [-0.39, 0.29) is 84.7 Å². The van der Waals surface area contributed by atoms with Gasteiger partial charge in [-0.1, -0.05) is 90.5 Å². The second kappa shape index (κ2) is 36.8. The van der Waals surface area contributed by atoms with Gasteiger partial charge in [0.15, 0.2) is 0 Å². The maximum absolute atomic E-state index is 13.6. The molecule has 2 aliphatic rings. The minimum atomic E-state index is -3.98. The summed E-state index contributed by atoms with van der Waals surface area (Å²) in [5, 5.41) is 22.1. The fourth-order valence-electron chi connectivity index (χ4n) is 10.7. The molecule has 5 aromatic carbocycles. The molecule has 4 amide bonds. The van der Waals surface area contributed by atoms with E-state index in [1.807, 2.05) is 107 Å². The highest BCUT2D eigenvalue weighted by molar-refractivity contribution is 7.90. The van der Waals surface area contributed by atoms with Gasteiger partial charge >= 0.3 is 24.4 Å². The first-order valence-corrected chi connectivity index (χ1v) is 36.8. The van der Waals surface area contributed by atoms with Crippen LogP contribution in [0.2, 0.25) is 0 Å². The number of aliphatic hydroxyl groups is 1. The molecule has 2 heterocycles. The van der Waals surface area contributed by atoms with Gasteiger partial charge in [-0.3, -0.25) is 10.6 Å². The number of amides is 4. The number of alkyl carbamates (subject to hydrolysis) is 2. The van der Waals surface area contributed by atoms with Crippen LogP contribution in [0.15, 0.2) is 144 Å². The number of carbonyl (C=O) groups excluding carboxylic acids is 4. The number of sulfonamides is 2. The summed E-state index contributed by atoms with van der Waals surface area (Å²) in [7, 11) is -7.96. The van der Waals surface area contributed by atoms with E-state index >= 15 is 0 Å². The number of aryl methyl sites for hydroxylation is 1. The summed E-state index contributed by atoms with van der Waals surface area (Å²) in [6, 6.07) is 35.6. The van der Waals surface area contributed by atoms with Crippen LogP contribution in [0.4, 0.5) is 30.6 Å². The number of hydrogen-bond acceptors (Lipinski definition) is 17. The van der Waals surface area contributed by atoms with E-state index in [9.17, 15) is 36.0 Å². The van der Waals surface area contributed by atoms with Crippen LogP contribution in [0, 0.1) is 6.92 Å². The molecule has 0 radical (unpaired) electrons. The molecular formula is C71H96N8O13S6. The van der Waals surface area contributed by atoms with Crippen LogP contribution in [-0.2, 0) is 34.3 Å². The smallest absolute Gasteiger partial charge is 0.417 e. The second-order valence-corrected chi connectivity index (χ2v) is 32.0. The molecule has 0 unspecified atom stereocenters. The van der Waals surface area contributed by atoms with E-state index in [4.69, 9.17) is 24.1 Å². The Hall–Kier alpha value is -7.08. The van der Waals surface area contributed by atoms with E-state index < -0.39 is 61.6 Å². The Bertz CT molecular complexity index is 3940. The minimum absolute atomic E-state index is 0. The quantitative estimate of drug-likeness (QED) is 0.0393. The van der Waals surface area contributed by atoms with Crippen molar-refractivity contribution in [3.05, 3.63) is 160 Å². The maximum atomic E-state index is 13.6. The molecule has 98 heavy (non-hydrogen) atoms. The lowest BCUT2D eigenvalue weighted by Crippen LogP contribution is -2.40. The highest BCUT2D eigenvalue weighted by atomic mass is 32.2. The molecule has 9 rings (SSSR count). The van der Waals surface area contributed by atoms with Gasteiger partial charge in [-0.05, 0) is 189 Å². The van der Waals surface area contributed by atoms with Gasteiger partial charge in [0.2, 0.25) is 20.0 Å². The number of nitrogens with zero attached hydrogens (tertiary/aromatic N) is 2. The Labute approximate surface area is 599 Å². The molecule has 27 heteroatoms. The molecule has 2 aromatic heterocycles. The Balaban J connectivity index is 0.000000307. The molecule has 2 atom stereocenters. The third-order valence-corrected chi connectivity index (χ3v) is 21.0. The number of anilines is 2. The Morgan fingerprint density at radius 3 is 1.27 bits per heavy atom. The van der Waals surface area contributed by atoms with Crippen LogP contribution in [0.25, 0.3) is 20.9 Å². The van der Waals surface area contributed by atoms with E-state index in [0.29, 0.717) is 32.3 Å². The molecule has 2 fully saturated rings. The summed E-state index contributed by atoms with van der Waals surface area (Å²) >= 11 is 2.92. The third kappa shape index (κ3) is 25.9. The fourth-order valence-corrected chi connectivity index (χ4v) is 16.4. The van der Waals surface area contributed by atoms with E-state index in [0.717, 1.165) is 78.1 Å². The minimum Gasteiger partial charge on any atom is -0.447 e. The van der Waals surface area contributed by atoms with Crippen LogP contribution in [-0.4, -0.2) is 91.7 Å². The molecule has 0 aliphatic heterocycles. The predicted octanol–water partition coefficient (Wildman–Crippen LogP) is 16.3. The fraction of sp³-hybridized carbons (Fsp3) is 0.437. The van der Waals surface area contributed by atoms with Crippen molar-refractivity contribution in [1.29, 1.82) is 0 Å². The lowest BCUT2D eigenvalue weighted by molar-refractivity contribution is 0.108. The summed E-state index contributed by atoms with van der Waals surface area (Å²) < 4.78 is 81.2. The predicted molar refractivity (Wildman–Crippen MR) is 398 cm³/mol. The molecule has 2 aliphatic carbocycles. The molecule has 7 aromatic rings. The first-order valence-electron chi connectivity index (χ1n) is 32.2. The van der Waals surface area contributed by atoms with E-state index in [1.54, 1.807) is 104 Å². The largest absolute Gasteiger partial charge is 0.447 e. The van der Waals surface area contributed by atoms with Gasteiger partial charge in [0, 0.05) is 69.9 Å². The molecule has 0 bridgehead atoms. The van der Waals surface area contributed by atoms with Gasteiger partial charge in [0.25, 0.3) is 0 Å². The third-order valence-electron chi connectivity index (χ3n) is 15.0. The Morgan fingerprint density at radius 2 is 0.898 bits per heavy atom. The van der Waals surface area contributed by atoms with Gasteiger partial charge in [-0.2, -0.15) is 27.0 Å². The average Bonchev–Trinajstić information content (AvgIpc) is 1.35. The van der Waals surface area contributed by atoms with Crippen LogP contribution in [0.3, 0.4) is 0 Å². The number of thiazole rings is 2. The van der Waals surface area contributed by atoms with E-state index in [2.05, 4.69) is 40.7 Å². The number of rotatable bonds is 18. The standard InChI is InChI=1S/C32H42N4O6S2.C31H40N4O6S2.C8H10O.2H2S/c1-20(2)41-30(37)34-24-14-12-23(13-15-24)29-33-19-27(43-29)26-17-16-25(18-28(26)44(39,40)36-32(4,5)6)35-31(38)42-21(3)22-10-8-7-9-11-22;1-19(2)40-29(36)33-22-11-9-21(10-12-22)28-32-18-26(42-28)25-16-13-23(17-27(25)43(38,39)35-31(4,5)6)34-30(37)41-24-14-7-20(3)8-15-24;1-7(9)8-5-3-2-4-6-8;;/h7-11,16-21,23-24,36H,12-15H2,1-6H3,(H,34,37)(H,35,38);7-8,13-19,21-22,35H,9-12H2,1-6H3,(H,33,36)(H,34,37);2-7,9H,1H3;2*1H2/t21-,23?,24?;;7-;;/m0.0../s1. The van der Waals surface area contributed by atoms with Crippen molar-refractivity contribution < 1.29 is 60.1 Å². The first kappa shape index (κ1) is 81.6. The van der Waals surface area contributed by atoms with Gasteiger partial charge < -0.3 is 34.7 Å². The molecular weight excluding hydrogens is 1370 g/mol. The summed E-state index contributed by atoms with van der Waals surface area (Å²) in [5.41, 5.74) is 2.95. The molecule has 2 saturated carbocycles. The summed E-state index contributed by atoms with van der Waals surface area (Å²) in [5.74, 6) is 0.797. The van der Waals surface area contributed by atoms with Gasteiger partial charge in [-0.25, -0.2) is 55.4 Å². The van der Waals surface area contributed by atoms with Crippen molar-refractivity contribution in [2.75, 3.05) is 10.6 Å². The normalized spacial score (nSPS) is 16.9. The monoisotopic (exact) mass is 1460 g/mol. The van der Waals surface area contributed by atoms with Crippen molar-refractivity contribution >= 4 is 105 Å². The van der Waals surface area contributed by atoms with Crippen molar-refractivity contribution in [1.82, 2.24) is 30.0 Å². The van der Waals surface area contributed by atoms with Crippen molar-refractivity contribution in [3.8, 4) is 26.6 Å². The van der Waals surface area contributed by atoms with Crippen LogP contribution in [0.1, 0.15) is 185 Å². The number of benzene rings is 5. The summed E-state index contributed by atoms with van der Waals surface area (Å²) in [6.07, 6.45) is 6.65. The molecule has 0 spiro atoms. The average molecular weight is 1460 g/mol. The number of aromatic nitrogens is 2. The molecule has 21 nitrogen and oxygen atoms in total. The Morgan fingerprint density at radius 1 is 0.510 bits per heavy atom. The van der Waals surface area contributed by atoms with Gasteiger partial charge in [-0.15, -0.1) is 22.7 Å². The molecule has 0 saturated heterocycles. The summed E-state index contributed by atoms with van der Waals surface area (Å²) in [6.45, 7) is 23.3. The first-order chi connectivity index (χ1) is 45.2. The van der Waals surface area contributed by atoms with Gasteiger partial charge in [0.1, 0.15) is 11.9 Å². The number of ether oxygens (including phenoxy) is 4. The van der Waals surface area contributed by atoms with Crippen LogP contribution in [0.5, 0.6) is 5.75 Å². The van der Waals surface area contributed by atoms with Crippen molar-refractivity contribution in [3.63, 3.8) is 0 Å². The highest BCUT2D eigenvalue weighted by Crippen LogP contribution is 2.42. The van der Waals surface area contributed by atoms with Crippen molar-refractivity contribution in [2.24, 2.45) is 0 Å². The highest BCUT2D eigenvalue weighted by Gasteiger charge is 2.32. The topological polar surface area (TPSA) is 292 Å². The van der Waals surface area contributed by atoms with E-state index in [1.165, 1.54) is 34.8 Å². The van der Waals surface area contributed by atoms with Gasteiger partial charge in [0.05, 0.1) is 47.9 Å². The second-order valence-electron chi connectivity index (χ2n) is 26.5. The zero-order valence-electron chi connectivity index (χ0n) is 57.9. The Kier molecular flexibility index (Phi) is 30.7. The number of nitrogens with one attached hydrogen (secondary N) is 6. The zero-order valence-corrected chi connectivity index (χ0v) is 63.1. The van der Waals surface area contributed by atoms with Crippen LogP contribution >= 0.6 is 49.7 Å². The molecule has 534 valence electrons. The summed E-state index contributed by atoms with van der Waals surface area (Å²) in [4.78, 5) is 60.1. The maximum Gasteiger partial charge on any atom is 0.417 e. The van der Waals surface area contributed by atoms with Crippen LogP contribution < -0.4 is 35.4 Å². The SMILES string of the molecule is CC(C)OC(=O)NC1CCC(c2ncc(-c3ccc(NC(=O)O[C@@H](C)c4ccccc4)cc3S(=O)(=O)NC(C)(C)C)s2)CC1.C[C@H](O)c1ccccc1.Cc1ccc(OC(=O)Nc2ccc(-c3cnc(C4CCC(NC(=O)OC(C)C)CC4)s3)c(S(=O)(=O)NC(C)(C)C)c2)cc1.S.S. The lowest BCUT2D eigenvalue weighted by atomic mass is 9.86. The van der Waals surface area contributed by atoms with Crippen molar-refractivity contribution in [2.45, 2.75) is 211 Å².